The van der Waals surface area contributed by atoms with E-state index < -0.39 is 27.5 Å². The van der Waals surface area contributed by atoms with Crippen LogP contribution >= 0.6 is 11.3 Å². The van der Waals surface area contributed by atoms with Crippen molar-refractivity contribution in [3.05, 3.63) is 45.8 Å². The number of fused-ring (bicyclic) bond motifs is 1. The van der Waals surface area contributed by atoms with Gasteiger partial charge in [-0.25, -0.2) is 13.2 Å². The van der Waals surface area contributed by atoms with Crippen molar-refractivity contribution in [2.45, 2.75) is 50.8 Å². The van der Waals surface area contributed by atoms with Crippen molar-refractivity contribution in [2.75, 3.05) is 17.7 Å². The molecule has 6 nitrogen and oxygen atoms in total. The van der Waals surface area contributed by atoms with Crippen molar-refractivity contribution in [1.82, 2.24) is 0 Å². The van der Waals surface area contributed by atoms with Gasteiger partial charge in [-0.05, 0) is 57.2 Å². The highest BCUT2D eigenvalue weighted by Crippen LogP contribution is 2.38. The minimum absolute atomic E-state index is 0.103. The quantitative estimate of drug-likeness (QED) is 0.549. The van der Waals surface area contributed by atoms with Crippen LogP contribution in [0.4, 0.5) is 5.00 Å². The Labute approximate surface area is 175 Å². The van der Waals surface area contributed by atoms with Crippen molar-refractivity contribution < 1.29 is 22.7 Å². The van der Waals surface area contributed by atoms with Gasteiger partial charge in [0.25, 0.3) is 0 Å². The van der Waals surface area contributed by atoms with Gasteiger partial charge in [0.15, 0.2) is 9.84 Å². The number of thiophene rings is 1. The normalized spacial score (nSPS) is 14.0. The van der Waals surface area contributed by atoms with Crippen LogP contribution in [0.3, 0.4) is 0 Å². The second-order valence-electron chi connectivity index (χ2n) is 7.11. The Hall–Kier alpha value is -2.19. The van der Waals surface area contributed by atoms with E-state index in [1.807, 2.05) is 6.92 Å². The average Bonchev–Trinajstić information content (AvgIpc) is 2.82. The van der Waals surface area contributed by atoms with Crippen LogP contribution in [0.2, 0.25) is 0 Å². The van der Waals surface area contributed by atoms with Crippen LogP contribution in [0.25, 0.3) is 0 Å². The van der Waals surface area contributed by atoms with E-state index in [0.717, 1.165) is 48.1 Å². The SMILES string of the molecule is CCOC(=O)c1c(NC(=O)CS(=O)(=O)c2ccc(C)cc2)sc2c1CCCCC2. The fourth-order valence-electron chi connectivity index (χ4n) is 3.41. The van der Waals surface area contributed by atoms with E-state index >= 15 is 0 Å². The van der Waals surface area contributed by atoms with E-state index in [2.05, 4.69) is 5.32 Å². The predicted molar refractivity (Wildman–Crippen MR) is 113 cm³/mol. The second-order valence-corrected chi connectivity index (χ2v) is 10.2. The number of ether oxygens (including phenoxy) is 1. The monoisotopic (exact) mass is 435 g/mol. The maximum atomic E-state index is 12.6. The van der Waals surface area contributed by atoms with E-state index in [-0.39, 0.29) is 11.5 Å². The molecule has 0 atom stereocenters. The molecule has 1 aromatic heterocycles. The number of esters is 1. The first-order chi connectivity index (χ1) is 13.8. The number of hydrogen-bond acceptors (Lipinski definition) is 6. The maximum Gasteiger partial charge on any atom is 0.341 e. The molecule has 0 radical (unpaired) electrons. The van der Waals surface area contributed by atoms with Gasteiger partial charge in [0, 0.05) is 4.88 Å². The number of carbonyl (C=O) groups excluding carboxylic acids is 2. The summed E-state index contributed by atoms with van der Waals surface area (Å²) in [6.45, 7) is 3.83. The maximum absolute atomic E-state index is 12.6. The number of benzene rings is 1. The van der Waals surface area contributed by atoms with Gasteiger partial charge in [-0.3, -0.25) is 4.79 Å². The second kappa shape index (κ2) is 9.09. The van der Waals surface area contributed by atoms with Crippen LogP contribution in [0.1, 0.15) is 52.5 Å². The molecule has 1 aliphatic carbocycles. The van der Waals surface area contributed by atoms with E-state index in [1.165, 1.54) is 23.5 Å². The van der Waals surface area contributed by atoms with Crippen molar-refractivity contribution in [1.29, 1.82) is 0 Å². The predicted octanol–water partition coefficient (Wildman–Crippen LogP) is 3.91. The average molecular weight is 436 g/mol. The lowest BCUT2D eigenvalue weighted by Crippen LogP contribution is -2.23. The van der Waals surface area contributed by atoms with Crippen LogP contribution in [0.5, 0.6) is 0 Å². The molecule has 1 amide bonds. The molecule has 0 bridgehead atoms. The van der Waals surface area contributed by atoms with Crippen LogP contribution in [0.15, 0.2) is 29.2 Å². The van der Waals surface area contributed by atoms with Crippen molar-refractivity contribution >= 4 is 38.1 Å². The Kier molecular flexibility index (Phi) is 6.74. The third-order valence-corrected chi connectivity index (χ3v) is 7.69. The third kappa shape index (κ3) is 5.05. The summed E-state index contributed by atoms with van der Waals surface area (Å²) in [7, 11) is -3.77. The van der Waals surface area contributed by atoms with Gasteiger partial charge in [-0.2, -0.15) is 0 Å². The largest absolute Gasteiger partial charge is 0.462 e. The molecule has 0 unspecified atom stereocenters. The molecule has 29 heavy (non-hydrogen) atoms. The van der Waals surface area contributed by atoms with Gasteiger partial charge < -0.3 is 10.1 Å². The lowest BCUT2D eigenvalue weighted by molar-refractivity contribution is -0.113. The van der Waals surface area contributed by atoms with E-state index in [0.29, 0.717) is 10.6 Å². The summed E-state index contributed by atoms with van der Waals surface area (Å²) in [5.41, 5.74) is 2.25. The van der Waals surface area contributed by atoms with Crippen LogP contribution < -0.4 is 5.32 Å². The van der Waals surface area contributed by atoms with Crippen molar-refractivity contribution in [3.8, 4) is 0 Å². The van der Waals surface area contributed by atoms with Gasteiger partial charge in [0.05, 0.1) is 17.1 Å². The number of amides is 1. The van der Waals surface area contributed by atoms with Crippen molar-refractivity contribution in [2.24, 2.45) is 0 Å². The standard InChI is InChI=1S/C21H25NO5S2/c1-3-27-21(24)19-16-7-5-4-6-8-17(16)28-20(19)22-18(23)13-29(25,26)15-11-9-14(2)10-12-15/h9-12H,3-8,13H2,1-2H3,(H,22,23). The first-order valence-electron chi connectivity index (χ1n) is 9.72. The zero-order valence-electron chi connectivity index (χ0n) is 16.6. The first-order valence-corrected chi connectivity index (χ1v) is 12.2. The molecule has 8 heteroatoms. The van der Waals surface area contributed by atoms with Crippen LogP contribution in [-0.4, -0.2) is 32.7 Å². The third-order valence-electron chi connectivity index (χ3n) is 4.86. The lowest BCUT2D eigenvalue weighted by atomic mass is 10.1. The number of sulfone groups is 1. The molecule has 156 valence electrons. The fourth-order valence-corrected chi connectivity index (χ4v) is 5.84. The van der Waals surface area contributed by atoms with Gasteiger partial charge in [0.2, 0.25) is 5.91 Å². The Bertz CT molecular complexity index is 1010. The van der Waals surface area contributed by atoms with Crippen LogP contribution in [-0.2, 0) is 32.2 Å². The highest BCUT2D eigenvalue weighted by atomic mass is 32.2. The topological polar surface area (TPSA) is 89.5 Å². The molecule has 0 aliphatic heterocycles. The lowest BCUT2D eigenvalue weighted by Gasteiger charge is -2.09. The molecule has 1 aliphatic rings. The Balaban J connectivity index is 1.84. The molecule has 1 N–H and O–H groups in total. The molecule has 0 saturated heterocycles. The van der Waals surface area contributed by atoms with E-state index in [9.17, 15) is 18.0 Å². The fraction of sp³-hybridized carbons (Fsp3) is 0.429. The summed E-state index contributed by atoms with van der Waals surface area (Å²) in [5.74, 6) is -1.81. The molecular weight excluding hydrogens is 410 g/mol. The molecular formula is C21H25NO5S2. The zero-order chi connectivity index (χ0) is 21.0. The Morgan fingerprint density at radius 2 is 1.79 bits per heavy atom. The minimum Gasteiger partial charge on any atom is -0.462 e. The summed E-state index contributed by atoms with van der Waals surface area (Å²) in [6.07, 6.45) is 4.72. The van der Waals surface area contributed by atoms with Crippen LogP contribution in [0, 0.1) is 6.92 Å². The summed E-state index contributed by atoms with van der Waals surface area (Å²) in [5, 5.41) is 3.05. The number of aryl methyl sites for hydroxylation is 2. The van der Waals surface area contributed by atoms with Gasteiger partial charge in [0.1, 0.15) is 10.8 Å². The molecule has 0 fully saturated rings. The summed E-state index contributed by atoms with van der Waals surface area (Å²) >= 11 is 1.35. The van der Waals surface area contributed by atoms with Crippen molar-refractivity contribution in [3.63, 3.8) is 0 Å². The number of carbonyl (C=O) groups is 2. The van der Waals surface area contributed by atoms with E-state index in [4.69, 9.17) is 4.74 Å². The molecule has 1 heterocycles. The first kappa shape index (κ1) is 21.5. The summed E-state index contributed by atoms with van der Waals surface area (Å²) < 4.78 is 30.3. The highest BCUT2D eigenvalue weighted by molar-refractivity contribution is 7.92. The van der Waals surface area contributed by atoms with E-state index in [1.54, 1.807) is 19.1 Å². The summed E-state index contributed by atoms with van der Waals surface area (Å²) in [4.78, 5) is 26.3. The highest BCUT2D eigenvalue weighted by Gasteiger charge is 2.28. The number of nitrogens with one attached hydrogen (secondary N) is 1. The van der Waals surface area contributed by atoms with Gasteiger partial charge in [-0.1, -0.05) is 24.1 Å². The van der Waals surface area contributed by atoms with Gasteiger partial charge in [-0.15, -0.1) is 11.3 Å². The minimum atomic E-state index is -3.77. The molecule has 0 spiro atoms. The Morgan fingerprint density at radius 3 is 2.48 bits per heavy atom. The smallest absolute Gasteiger partial charge is 0.341 e. The zero-order valence-corrected chi connectivity index (χ0v) is 18.2. The summed E-state index contributed by atoms with van der Waals surface area (Å²) in [6, 6.07) is 6.38. The molecule has 3 rings (SSSR count). The number of rotatable bonds is 6. The van der Waals surface area contributed by atoms with Gasteiger partial charge >= 0.3 is 5.97 Å². The number of hydrogen-bond donors (Lipinski definition) is 1. The molecule has 1 aromatic carbocycles. The molecule has 2 aromatic rings. The Morgan fingerprint density at radius 1 is 1.10 bits per heavy atom. The number of anilines is 1. The molecule has 0 saturated carbocycles.